The number of likely N-dealkylation sites (tertiary alicyclic amines) is 1. The standard InChI is InChI=1S/C18H34N4O.HI/c1-18(2)15(14-8-7-13-23-16(14)18)21-17(19-3)20-9-12-22-10-5-4-6-11-22;/h14-16H,4-13H2,1-3H3,(H2,19,20,21);1H. The molecule has 140 valence electrons. The van der Waals surface area contributed by atoms with Gasteiger partial charge in [-0.2, -0.15) is 0 Å². The van der Waals surface area contributed by atoms with E-state index in [1.165, 1.54) is 45.2 Å². The van der Waals surface area contributed by atoms with Crippen LogP contribution in [0.1, 0.15) is 46.0 Å². The Balaban J connectivity index is 0.00000208. The fourth-order valence-electron chi connectivity index (χ4n) is 4.67. The predicted octanol–water partition coefficient (Wildman–Crippen LogP) is 2.46. The lowest BCUT2D eigenvalue weighted by molar-refractivity contribution is -0.188. The Bertz CT molecular complexity index is 423. The topological polar surface area (TPSA) is 48.9 Å². The minimum atomic E-state index is 0. The second-order valence-electron chi connectivity index (χ2n) is 7.94. The number of nitrogens with zero attached hydrogens (tertiary/aromatic N) is 2. The second kappa shape index (κ2) is 9.03. The Labute approximate surface area is 164 Å². The maximum Gasteiger partial charge on any atom is 0.191 e. The van der Waals surface area contributed by atoms with Crippen molar-refractivity contribution >= 4 is 29.9 Å². The molecular formula is C18H35IN4O. The minimum Gasteiger partial charge on any atom is -0.377 e. The van der Waals surface area contributed by atoms with Gasteiger partial charge in [-0.1, -0.05) is 20.3 Å². The van der Waals surface area contributed by atoms with Gasteiger partial charge in [0.2, 0.25) is 0 Å². The van der Waals surface area contributed by atoms with Gasteiger partial charge < -0.3 is 20.3 Å². The summed E-state index contributed by atoms with van der Waals surface area (Å²) in [5, 5.41) is 7.18. The zero-order chi connectivity index (χ0) is 16.3. The Morgan fingerprint density at radius 2 is 1.96 bits per heavy atom. The number of guanidine groups is 1. The average Bonchev–Trinajstić information content (AvgIpc) is 2.58. The Morgan fingerprint density at radius 1 is 1.21 bits per heavy atom. The largest absolute Gasteiger partial charge is 0.377 e. The zero-order valence-electron chi connectivity index (χ0n) is 15.5. The van der Waals surface area contributed by atoms with Crippen LogP contribution in [-0.4, -0.2) is 62.8 Å². The van der Waals surface area contributed by atoms with Crippen LogP contribution in [0.25, 0.3) is 0 Å². The molecule has 3 atom stereocenters. The van der Waals surface area contributed by atoms with Crippen molar-refractivity contribution < 1.29 is 4.74 Å². The number of ether oxygens (including phenoxy) is 1. The van der Waals surface area contributed by atoms with Crippen LogP contribution < -0.4 is 10.6 Å². The van der Waals surface area contributed by atoms with E-state index in [4.69, 9.17) is 4.74 Å². The summed E-state index contributed by atoms with van der Waals surface area (Å²) in [7, 11) is 1.87. The first kappa shape index (κ1) is 20.2. The number of fused-ring (bicyclic) bond motifs is 1. The normalized spacial score (nSPS) is 33.0. The third kappa shape index (κ3) is 4.36. The van der Waals surface area contributed by atoms with E-state index in [0.717, 1.165) is 25.7 Å². The van der Waals surface area contributed by atoms with Crippen LogP contribution in [0, 0.1) is 11.3 Å². The predicted molar refractivity (Wildman–Crippen MR) is 110 cm³/mol. The first-order valence-corrected chi connectivity index (χ1v) is 9.44. The molecule has 24 heavy (non-hydrogen) atoms. The van der Waals surface area contributed by atoms with E-state index < -0.39 is 0 Å². The third-order valence-electron chi connectivity index (χ3n) is 6.02. The number of aliphatic imine (C=N–C) groups is 1. The molecule has 1 aliphatic carbocycles. The molecule has 2 aliphatic heterocycles. The smallest absolute Gasteiger partial charge is 0.191 e. The summed E-state index contributed by atoms with van der Waals surface area (Å²) < 4.78 is 5.99. The van der Waals surface area contributed by atoms with Gasteiger partial charge in [-0.05, 0) is 38.8 Å². The van der Waals surface area contributed by atoms with Crippen LogP contribution in [0.4, 0.5) is 0 Å². The van der Waals surface area contributed by atoms with E-state index in [1.54, 1.807) is 0 Å². The third-order valence-corrected chi connectivity index (χ3v) is 6.02. The molecule has 5 nitrogen and oxygen atoms in total. The van der Waals surface area contributed by atoms with E-state index in [1.807, 2.05) is 7.05 Å². The molecule has 0 aromatic rings. The van der Waals surface area contributed by atoms with E-state index in [2.05, 4.69) is 34.4 Å². The number of halogens is 1. The van der Waals surface area contributed by atoms with Gasteiger partial charge in [0.25, 0.3) is 0 Å². The maximum atomic E-state index is 5.99. The molecule has 3 rings (SSSR count). The van der Waals surface area contributed by atoms with E-state index in [0.29, 0.717) is 18.1 Å². The minimum absolute atomic E-state index is 0. The van der Waals surface area contributed by atoms with Crippen LogP contribution >= 0.6 is 24.0 Å². The monoisotopic (exact) mass is 450 g/mol. The molecule has 2 saturated heterocycles. The summed E-state index contributed by atoms with van der Waals surface area (Å²) in [5.41, 5.74) is 0.190. The molecule has 3 fully saturated rings. The van der Waals surface area contributed by atoms with Gasteiger partial charge in [-0.15, -0.1) is 24.0 Å². The van der Waals surface area contributed by atoms with Crippen molar-refractivity contribution in [3.8, 4) is 0 Å². The van der Waals surface area contributed by atoms with Crippen molar-refractivity contribution in [2.24, 2.45) is 16.3 Å². The SMILES string of the molecule is CN=C(NCCN1CCCCC1)NC1C2CCCOC2C1(C)C.I. The van der Waals surface area contributed by atoms with Crippen LogP contribution in [0.2, 0.25) is 0 Å². The highest BCUT2D eigenvalue weighted by Crippen LogP contribution is 2.51. The van der Waals surface area contributed by atoms with E-state index >= 15 is 0 Å². The van der Waals surface area contributed by atoms with Gasteiger partial charge in [0.05, 0.1) is 6.10 Å². The summed E-state index contributed by atoms with van der Waals surface area (Å²) in [6.07, 6.45) is 6.99. The first-order chi connectivity index (χ1) is 11.1. The van der Waals surface area contributed by atoms with Gasteiger partial charge in [0.15, 0.2) is 5.96 Å². The summed E-state index contributed by atoms with van der Waals surface area (Å²) in [6.45, 7) is 10.2. The summed E-state index contributed by atoms with van der Waals surface area (Å²) >= 11 is 0. The van der Waals surface area contributed by atoms with Gasteiger partial charge in [-0.25, -0.2) is 0 Å². The van der Waals surface area contributed by atoms with Crippen molar-refractivity contribution in [1.29, 1.82) is 0 Å². The van der Waals surface area contributed by atoms with Crippen LogP contribution in [-0.2, 0) is 4.74 Å². The molecule has 0 amide bonds. The molecule has 0 aromatic heterocycles. The number of hydrogen-bond donors (Lipinski definition) is 2. The lowest BCUT2D eigenvalue weighted by Crippen LogP contribution is -2.71. The van der Waals surface area contributed by atoms with E-state index in [9.17, 15) is 0 Å². The van der Waals surface area contributed by atoms with Crippen molar-refractivity contribution in [1.82, 2.24) is 15.5 Å². The molecule has 2 heterocycles. The number of hydrogen-bond acceptors (Lipinski definition) is 3. The van der Waals surface area contributed by atoms with Crippen molar-refractivity contribution in [2.75, 3.05) is 39.8 Å². The molecule has 0 bridgehead atoms. The number of piperidine rings is 1. The molecular weight excluding hydrogens is 415 g/mol. The van der Waals surface area contributed by atoms with E-state index in [-0.39, 0.29) is 29.4 Å². The lowest BCUT2D eigenvalue weighted by atomic mass is 9.55. The molecule has 3 unspecified atom stereocenters. The lowest BCUT2D eigenvalue weighted by Gasteiger charge is -2.60. The van der Waals surface area contributed by atoms with Crippen molar-refractivity contribution in [2.45, 2.75) is 58.1 Å². The first-order valence-electron chi connectivity index (χ1n) is 9.44. The van der Waals surface area contributed by atoms with Crippen molar-refractivity contribution in [3.05, 3.63) is 0 Å². The molecule has 0 radical (unpaired) electrons. The molecule has 6 heteroatoms. The molecule has 0 spiro atoms. The van der Waals surface area contributed by atoms with Crippen LogP contribution in [0.3, 0.4) is 0 Å². The fraction of sp³-hybridized carbons (Fsp3) is 0.944. The summed E-state index contributed by atoms with van der Waals surface area (Å²) in [4.78, 5) is 6.99. The zero-order valence-corrected chi connectivity index (χ0v) is 17.8. The second-order valence-corrected chi connectivity index (χ2v) is 7.94. The van der Waals surface area contributed by atoms with Gasteiger partial charge in [-0.3, -0.25) is 4.99 Å². The van der Waals surface area contributed by atoms with Crippen molar-refractivity contribution in [3.63, 3.8) is 0 Å². The molecule has 1 saturated carbocycles. The average molecular weight is 450 g/mol. The van der Waals surface area contributed by atoms with Crippen LogP contribution in [0.15, 0.2) is 4.99 Å². The van der Waals surface area contributed by atoms with Gasteiger partial charge >= 0.3 is 0 Å². The van der Waals surface area contributed by atoms with Gasteiger partial charge in [0.1, 0.15) is 0 Å². The fourth-order valence-corrected chi connectivity index (χ4v) is 4.67. The van der Waals surface area contributed by atoms with Gasteiger partial charge in [0, 0.05) is 44.1 Å². The number of rotatable bonds is 4. The quantitative estimate of drug-likeness (QED) is 0.393. The highest BCUT2D eigenvalue weighted by atomic mass is 127. The van der Waals surface area contributed by atoms with Crippen LogP contribution in [0.5, 0.6) is 0 Å². The molecule has 0 aromatic carbocycles. The summed E-state index contributed by atoms with van der Waals surface area (Å²) in [6, 6.07) is 0.467. The maximum absolute atomic E-state index is 5.99. The highest BCUT2D eigenvalue weighted by Gasteiger charge is 2.58. The number of nitrogens with one attached hydrogen (secondary N) is 2. The highest BCUT2D eigenvalue weighted by molar-refractivity contribution is 14.0. The Morgan fingerprint density at radius 3 is 2.67 bits per heavy atom. The Hall–Kier alpha value is -0.0800. The molecule has 3 aliphatic rings. The summed E-state index contributed by atoms with van der Waals surface area (Å²) in [5.74, 6) is 1.59. The molecule has 2 N–H and O–H groups in total. The Kier molecular flexibility index (Phi) is 7.61.